The molecule has 9 heteroatoms. The van der Waals surface area contributed by atoms with Crippen LogP contribution in [-0.2, 0) is 32.6 Å². The van der Waals surface area contributed by atoms with Gasteiger partial charge in [-0.25, -0.2) is 12.8 Å². The molecule has 0 spiro atoms. The summed E-state index contributed by atoms with van der Waals surface area (Å²) in [6.07, 6.45) is 0.222. The van der Waals surface area contributed by atoms with Crippen LogP contribution in [0.5, 0.6) is 0 Å². The highest BCUT2D eigenvalue weighted by molar-refractivity contribution is 7.92. The number of aryl methyl sites for hydroxylation is 1. The lowest BCUT2D eigenvalue weighted by atomic mass is 10.0. The summed E-state index contributed by atoms with van der Waals surface area (Å²) in [4.78, 5) is 28.8. The van der Waals surface area contributed by atoms with Crippen LogP contribution in [0, 0.1) is 12.7 Å². The van der Waals surface area contributed by atoms with Crippen LogP contribution >= 0.6 is 0 Å². The van der Waals surface area contributed by atoms with Gasteiger partial charge in [0.2, 0.25) is 11.8 Å². The molecule has 0 aliphatic heterocycles. The van der Waals surface area contributed by atoms with Crippen molar-refractivity contribution in [3.05, 3.63) is 132 Å². The van der Waals surface area contributed by atoms with Crippen LogP contribution in [0.4, 0.5) is 10.1 Å². The van der Waals surface area contributed by atoms with Crippen LogP contribution in [0.1, 0.15) is 16.7 Å². The molecule has 0 saturated heterocycles. The van der Waals surface area contributed by atoms with Gasteiger partial charge in [-0.1, -0.05) is 78.4 Å². The second-order valence-electron chi connectivity index (χ2n) is 9.63. The number of hydrogen-bond donors (Lipinski definition) is 1. The van der Waals surface area contributed by atoms with Crippen LogP contribution in [0.3, 0.4) is 0 Å². The fraction of sp³-hybridized carbons (Fsp3) is 0.188. The first kappa shape index (κ1) is 29.5. The van der Waals surface area contributed by atoms with Crippen molar-refractivity contribution < 1.29 is 22.4 Å². The Labute approximate surface area is 240 Å². The van der Waals surface area contributed by atoms with Crippen molar-refractivity contribution in [1.82, 2.24) is 10.2 Å². The number of sulfonamides is 1. The normalized spacial score (nSPS) is 11.9. The Morgan fingerprint density at radius 1 is 0.829 bits per heavy atom. The number of anilines is 1. The molecule has 4 aromatic rings. The van der Waals surface area contributed by atoms with Crippen molar-refractivity contribution >= 4 is 27.5 Å². The van der Waals surface area contributed by atoms with Crippen LogP contribution in [0.25, 0.3) is 0 Å². The number of likely N-dealkylation sites (N-methyl/N-ethyl adjacent to an activating group) is 1. The molecule has 1 atom stereocenters. The first-order valence-electron chi connectivity index (χ1n) is 13.1. The van der Waals surface area contributed by atoms with E-state index in [0.717, 1.165) is 33.1 Å². The van der Waals surface area contributed by atoms with E-state index in [4.69, 9.17) is 0 Å². The van der Waals surface area contributed by atoms with Gasteiger partial charge < -0.3 is 10.2 Å². The summed E-state index contributed by atoms with van der Waals surface area (Å²) < 4.78 is 42.4. The Balaban J connectivity index is 1.78. The average molecular weight is 574 g/mol. The number of hydrogen-bond acceptors (Lipinski definition) is 4. The highest BCUT2D eigenvalue weighted by Gasteiger charge is 2.34. The lowest BCUT2D eigenvalue weighted by Crippen LogP contribution is -2.53. The Morgan fingerprint density at radius 3 is 2.05 bits per heavy atom. The molecule has 41 heavy (non-hydrogen) atoms. The van der Waals surface area contributed by atoms with Gasteiger partial charge in [-0.2, -0.15) is 0 Å². The number of carbonyl (C=O) groups excluding carboxylic acids is 2. The lowest BCUT2D eigenvalue weighted by Gasteiger charge is -2.33. The molecule has 0 aliphatic rings. The maximum absolute atomic E-state index is 14.2. The van der Waals surface area contributed by atoms with Crippen LogP contribution in [0.15, 0.2) is 114 Å². The second kappa shape index (κ2) is 13.2. The third-order valence-corrected chi connectivity index (χ3v) is 8.47. The number of nitrogens with zero attached hydrogens (tertiary/aromatic N) is 2. The maximum Gasteiger partial charge on any atom is 0.264 e. The smallest absolute Gasteiger partial charge is 0.264 e. The topological polar surface area (TPSA) is 86.8 Å². The Bertz CT molecular complexity index is 1580. The van der Waals surface area contributed by atoms with E-state index < -0.39 is 34.3 Å². The number of amides is 2. The first-order valence-corrected chi connectivity index (χ1v) is 14.6. The minimum absolute atomic E-state index is 0.0190. The molecule has 2 amide bonds. The fourth-order valence-corrected chi connectivity index (χ4v) is 6.02. The standard InChI is InChI=1S/C32H32FN3O4S/c1-24-10-9-13-26(20-24)22-35(30(32(38)34-2)21-25-11-5-3-6-12-25)31(37)23-36(28-18-16-27(33)17-19-28)41(39,40)29-14-7-4-8-15-29/h3-20,30H,21-23H2,1-2H3,(H,34,38)/t30-/m0/s1. The van der Waals surface area contributed by atoms with E-state index in [2.05, 4.69) is 5.32 Å². The molecular formula is C32H32FN3O4S. The van der Waals surface area contributed by atoms with E-state index in [1.807, 2.05) is 61.5 Å². The number of rotatable bonds is 11. The van der Waals surface area contributed by atoms with Gasteiger partial charge >= 0.3 is 0 Å². The van der Waals surface area contributed by atoms with Gasteiger partial charge in [0, 0.05) is 20.0 Å². The van der Waals surface area contributed by atoms with Crippen molar-refractivity contribution in [2.45, 2.75) is 30.8 Å². The first-order chi connectivity index (χ1) is 19.7. The van der Waals surface area contributed by atoms with Crippen LogP contribution in [0.2, 0.25) is 0 Å². The van der Waals surface area contributed by atoms with Crippen molar-refractivity contribution in [3.63, 3.8) is 0 Å². The summed E-state index contributed by atoms with van der Waals surface area (Å²) >= 11 is 0. The van der Waals surface area contributed by atoms with Crippen molar-refractivity contribution in [2.24, 2.45) is 0 Å². The molecule has 1 N–H and O–H groups in total. The van der Waals surface area contributed by atoms with Crippen LogP contribution in [-0.4, -0.2) is 44.8 Å². The third kappa shape index (κ3) is 7.37. The average Bonchev–Trinajstić information content (AvgIpc) is 2.98. The van der Waals surface area contributed by atoms with Gasteiger partial charge in [0.15, 0.2) is 0 Å². The van der Waals surface area contributed by atoms with Crippen LogP contribution < -0.4 is 9.62 Å². The van der Waals surface area contributed by atoms with E-state index in [1.54, 1.807) is 18.2 Å². The molecule has 0 heterocycles. The number of benzene rings is 4. The Kier molecular flexibility index (Phi) is 9.52. The number of halogens is 1. The Morgan fingerprint density at radius 2 is 1.44 bits per heavy atom. The molecule has 0 radical (unpaired) electrons. The highest BCUT2D eigenvalue weighted by Crippen LogP contribution is 2.25. The predicted molar refractivity (Wildman–Crippen MR) is 157 cm³/mol. The summed E-state index contributed by atoms with van der Waals surface area (Å²) in [7, 11) is -2.72. The molecule has 0 unspecified atom stereocenters. The quantitative estimate of drug-likeness (QED) is 0.282. The van der Waals surface area contributed by atoms with Gasteiger partial charge in [0.05, 0.1) is 10.6 Å². The molecule has 0 aliphatic carbocycles. The minimum atomic E-state index is -4.22. The highest BCUT2D eigenvalue weighted by atomic mass is 32.2. The molecule has 212 valence electrons. The summed E-state index contributed by atoms with van der Waals surface area (Å²) in [5, 5.41) is 2.66. The minimum Gasteiger partial charge on any atom is -0.357 e. The fourth-order valence-electron chi connectivity index (χ4n) is 4.58. The van der Waals surface area contributed by atoms with Gasteiger partial charge in [0.1, 0.15) is 18.4 Å². The molecule has 4 aromatic carbocycles. The number of carbonyl (C=O) groups is 2. The molecule has 0 bridgehead atoms. The predicted octanol–water partition coefficient (Wildman–Crippen LogP) is 4.72. The van der Waals surface area contributed by atoms with E-state index in [-0.39, 0.29) is 29.5 Å². The zero-order valence-corrected chi connectivity index (χ0v) is 23.7. The van der Waals surface area contributed by atoms with E-state index in [1.165, 1.54) is 36.2 Å². The van der Waals surface area contributed by atoms with E-state index in [0.29, 0.717) is 0 Å². The number of nitrogens with one attached hydrogen (secondary N) is 1. The zero-order valence-electron chi connectivity index (χ0n) is 22.9. The largest absolute Gasteiger partial charge is 0.357 e. The lowest BCUT2D eigenvalue weighted by molar-refractivity contribution is -0.139. The molecule has 0 saturated carbocycles. The van der Waals surface area contributed by atoms with Gasteiger partial charge in [-0.3, -0.25) is 13.9 Å². The summed E-state index contributed by atoms with van der Waals surface area (Å²) in [5.74, 6) is -1.50. The van der Waals surface area contributed by atoms with Crippen molar-refractivity contribution in [2.75, 3.05) is 17.9 Å². The molecule has 0 fully saturated rings. The van der Waals surface area contributed by atoms with Crippen molar-refractivity contribution in [3.8, 4) is 0 Å². The summed E-state index contributed by atoms with van der Waals surface area (Å²) in [6.45, 7) is 1.41. The Hall–Kier alpha value is -4.50. The molecular weight excluding hydrogens is 541 g/mol. The summed E-state index contributed by atoms with van der Waals surface area (Å²) in [6, 6.07) is 28.6. The van der Waals surface area contributed by atoms with Gasteiger partial charge in [-0.15, -0.1) is 0 Å². The third-order valence-electron chi connectivity index (χ3n) is 6.68. The zero-order chi connectivity index (χ0) is 29.4. The van der Waals surface area contributed by atoms with E-state index in [9.17, 15) is 22.4 Å². The maximum atomic E-state index is 14.2. The molecule has 0 aromatic heterocycles. The second-order valence-corrected chi connectivity index (χ2v) is 11.5. The molecule has 7 nitrogen and oxygen atoms in total. The molecule has 4 rings (SSSR count). The van der Waals surface area contributed by atoms with Crippen molar-refractivity contribution in [1.29, 1.82) is 0 Å². The summed E-state index contributed by atoms with van der Waals surface area (Å²) in [5.41, 5.74) is 2.74. The van der Waals surface area contributed by atoms with Gasteiger partial charge in [-0.05, 0) is 54.4 Å². The van der Waals surface area contributed by atoms with Gasteiger partial charge in [0.25, 0.3) is 10.0 Å². The SMILES string of the molecule is CNC(=O)[C@H](Cc1ccccc1)N(Cc1cccc(C)c1)C(=O)CN(c1ccc(F)cc1)S(=O)(=O)c1ccccc1. The monoisotopic (exact) mass is 573 g/mol. The van der Waals surface area contributed by atoms with E-state index >= 15 is 0 Å².